The molecule has 0 saturated heterocycles. The lowest BCUT2D eigenvalue weighted by atomic mass is 9.85. The highest BCUT2D eigenvalue weighted by Gasteiger charge is 2.15. The van der Waals surface area contributed by atoms with Crippen molar-refractivity contribution in [2.45, 2.75) is 44.6 Å². The number of aliphatic hydroxyl groups excluding tert-OH is 1. The molecular weight excluding hydrogens is 136 g/mol. The van der Waals surface area contributed by atoms with Crippen LogP contribution in [0.1, 0.15) is 38.5 Å². The van der Waals surface area contributed by atoms with E-state index >= 15 is 0 Å². The molecule has 0 aromatic rings. The molecule has 1 N–H and O–H groups in total. The summed E-state index contributed by atoms with van der Waals surface area (Å²) in [5.41, 5.74) is 0. The molecule has 11 heavy (non-hydrogen) atoms. The minimum atomic E-state index is -0.377. The normalized spacial score (nSPS) is 23.0. The van der Waals surface area contributed by atoms with Crippen molar-refractivity contribution >= 4 is 0 Å². The van der Waals surface area contributed by atoms with Gasteiger partial charge in [-0.25, -0.2) is 0 Å². The van der Waals surface area contributed by atoms with Crippen molar-refractivity contribution in [2.24, 2.45) is 5.92 Å². The minimum Gasteiger partial charge on any atom is -0.389 e. The van der Waals surface area contributed by atoms with Crippen molar-refractivity contribution in [3.05, 3.63) is 12.7 Å². The molecule has 1 aliphatic carbocycles. The number of hydrogen-bond acceptors (Lipinski definition) is 1. The first kappa shape index (κ1) is 8.79. The summed E-state index contributed by atoms with van der Waals surface area (Å²) in [5.74, 6) is 0.721. The topological polar surface area (TPSA) is 20.2 Å². The van der Waals surface area contributed by atoms with E-state index in [4.69, 9.17) is 6.58 Å². The van der Waals surface area contributed by atoms with E-state index in [0.29, 0.717) is 0 Å². The SMILES string of the molecule is [CH]=CC(O)CC1CCCCC1. The Labute approximate surface area is 69.1 Å². The second-order valence-corrected chi connectivity index (χ2v) is 3.50. The van der Waals surface area contributed by atoms with Crippen molar-refractivity contribution in [1.29, 1.82) is 0 Å². The molecule has 0 aromatic carbocycles. The largest absolute Gasteiger partial charge is 0.389 e. The van der Waals surface area contributed by atoms with E-state index < -0.39 is 0 Å². The maximum Gasteiger partial charge on any atom is 0.0726 e. The standard InChI is InChI=1S/C10H17O/c1-2-10(11)8-9-6-4-3-5-7-9/h1-2,9-11H,3-8H2. The number of rotatable bonds is 3. The summed E-state index contributed by atoms with van der Waals surface area (Å²) in [5, 5.41) is 9.23. The fraction of sp³-hybridized carbons (Fsp3) is 0.800. The van der Waals surface area contributed by atoms with Crippen LogP contribution < -0.4 is 0 Å². The molecule has 1 nitrogen and oxygen atoms in total. The van der Waals surface area contributed by atoms with Crippen LogP contribution in [0.2, 0.25) is 0 Å². The van der Waals surface area contributed by atoms with Gasteiger partial charge < -0.3 is 5.11 Å². The van der Waals surface area contributed by atoms with E-state index in [-0.39, 0.29) is 6.10 Å². The van der Waals surface area contributed by atoms with Gasteiger partial charge in [-0.15, -0.1) is 0 Å². The molecule has 1 radical (unpaired) electrons. The molecule has 1 heteroatoms. The maximum absolute atomic E-state index is 9.23. The summed E-state index contributed by atoms with van der Waals surface area (Å²) >= 11 is 0. The van der Waals surface area contributed by atoms with Crippen LogP contribution >= 0.6 is 0 Å². The maximum atomic E-state index is 9.23. The third kappa shape index (κ3) is 3.06. The fourth-order valence-electron chi connectivity index (χ4n) is 1.84. The second kappa shape index (κ2) is 4.55. The Morgan fingerprint density at radius 1 is 1.36 bits per heavy atom. The molecule has 0 aliphatic heterocycles. The quantitative estimate of drug-likeness (QED) is 0.659. The fourth-order valence-corrected chi connectivity index (χ4v) is 1.84. The van der Waals surface area contributed by atoms with E-state index in [0.717, 1.165) is 12.3 Å². The molecule has 1 saturated carbocycles. The van der Waals surface area contributed by atoms with Gasteiger partial charge in [-0.2, -0.15) is 0 Å². The Morgan fingerprint density at radius 2 is 2.00 bits per heavy atom. The van der Waals surface area contributed by atoms with Crippen LogP contribution in [0, 0.1) is 12.5 Å². The minimum absolute atomic E-state index is 0.377. The van der Waals surface area contributed by atoms with E-state index in [2.05, 4.69) is 0 Å². The van der Waals surface area contributed by atoms with Crippen LogP contribution in [0.25, 0.3) is 0 Å². The van der Waals surface area contributed by atoms with E-state index in [9.17, 15) is 5.11 Å². The lowest BCUT2D eigenvalue weighted by molar-refractivity contribution is 0.170. The molecule has 0 heterocycles. The molecule has 0 bridgehead atoms. The van der Waals surface area contributed by atoms with Gasteiger partial charge in [0.2, 0.25) is 0 Å². The Kier molecular flexibility index (Phi) is 3.64. The highest BCUT2D eigenvalue weighted by atomic mass is 16.3. The van der Waals surface area contributed by atoms with Crippen LogP contribution in [-0.2, 0) is 0 Å². The average molecular weight is 153 g/mol. The van der Waals surface area contributed by atoms with Gasteiger partial charge in [-0.1, -0.05) is 44.8 Å². The summed E-state index contributed by atoms with van der Waals surface area (Å²) in [6.07, 6.45) is 8.50. The molecule has 0 aromatic heterocycles. The Balaban J connectivity index is 2.18. The molecule has 0 amide bonds. The zero-order valence-corrected chi connectivity index (χ0v) is 7.00. The average Bonchev–Trinajstić information content (AvgIpc) is 2.06. The summed E-state index contributed by atoms with van der Waals surface area (Å²) in [6, 6.07) is 0. The molecule has 63 valence electrons. The van der Waals surface area contributed by atoms with Gasteiger partial charge in [0.15, 0.2) is 0 Å². The zero-order valence-electron chi connectivity index (χ0n) is 7.00. The van der Waals surface area contributed by atoms with Crippen LogP contribution in [0.3, 0.4) is 0 Å². The van der Waals surface area contributed by atoms with Crippen LogP contribution in [0.15, 0.2) is 6.08 Å². The van der Waals surface area contributed by atoms with Gasteiger partial charge in [0.1, 0.15) is 0 Å². The van der Waals surface area contributed by atoms with E-state index in [1.165, 1.54) is 38.2 Å². The molecule has 0 spiro atoms. The molecule has 1 unspecified atom stereocenters. The lowest BCUT2D eigenvalue weighted by Crippen LogP contribution is -2.13. The third-order valence-electron chi connectivity index (χ3n) is 2.52. The van der Waals surface area contributed by atoms with Gasteiger partial charge in [-0.3, -0.25) is 0 Å². The Hall–Kier alpha value is -0.300. The molecule has 1 atom stereocenters. The van der Waals surface area contributed by atoms with Crippen molar-refractivity contribution < 1.29 is 5.11 Å². The van der Waals surface area contributed by atoms with Crippen molar-refractivity contribution in [1.82, 2.24) is 0 Å². The monoisotopic (exact) mass is 153 g/mol. The van der Waals surface area contributed by atoms with E-state index in [1.54, 1.807) is 0 Å². The predicted molar refractivity (Wildman–Crippen MR) is 46.1 cm³/mol. The highest BCUT2D eigenvalue weighted by molar-refractivity contribution is 4.79. The predicted octanol–water partition coefficient (Wildman–Crippen LogP) is 2.31. The second-order valence-electron chi connectivity index (χ2n) is 3.50. The van der Waals surface area contributed by atoms with Gasteiger partial charge in [0.25, 0.3) is 0 Å². The summed E-state index contributed by atoms with van der Waals surface area (Å²) in [4.78, 5) is 0. The van der Waals surface area contributed by atoms with Gasteiger partial charge in [0, 0.05) is 0 Å². The smallest absolute Gasteiger partial charge is 0.0726 e. The third-order valence-corrected chi connectivity index (χ3v) is 2.52. The Bertz CT molecular complexity index is 114. The zero-order chi connectivity index (χ0) is 8.10. The summed E-state index contributed by atoms with van der Waals surface area (Å²) < 4.78 is 0. The Morgan fingerprint density at radius 3 is 2.55 bits per heavy atom. The molecule has 1 aliphatic rings. The first-order chi connectivity index (χ1) is 5.33. The van der Waals surface area contributed by atoms with Gasteiger partial charge in [-0.05, 0) is 12.3 Å². The molecule has 1 rings (SSSR count). The first-order valence-electron chi connectivity index (χ1n) is 4.56. The lowest BCUT2D eigenvalue weighted by Gasteiger charge is -2.22. The summed E-state index contributed by atoms with van der Waals surface area (Å²) in [6.45, 7) is 5.21. The van der Waals surface area contributed by atoms with Crippen molar-refractivity contribution in [2.75, 3.05) is 0 Å². The van der Waals surface area contributed by atoms with E-state index in [1.807, 2.05) is 0 Å². The summed E-state index contributed by atoms with van der Waals surface area (Å²) in [7, 11) is 0. The highest BCUT2D eigenvalue weighted by Crippen LogP contribution is 2.27. The van der Waals surface area contributed by atoms with Gasteiger partial charge in [0.05, 0.1) is 6.10 Å². The first-order valence-corrected chi connectivity index (χ1v) is 4.56. The van der Waals surface area contributed by atoms with Crippen molar-refractivity contribution in [3.8, 4) is 0 Å². The van der Waals surface area contributed by atoms with Crippen LogP contribution in [-0.4, -0.2) is 11.2 Å². The van der Waals surface area contributed by atoms with Crippen LogP contribution in [0.5, 0.6) is 0 Å². The number of aliphatic hydroxyl groups is 1. The van der Waals surface area contributed by atoms with Crippen molar-refractivity contribution in [3.63, 3.8) is 0 Å². The van der Waals surface area contributed by atoms with Gasteiger partial charge >= 0.3 is 0 Å². The molecule has 1 fully saturated rings. The number of hydrogen-bond donors (Lipinski definition) is 1. The molecular formula is C10H17O. The van der Waals surface area contributed by atoms with Crippen LogP contribution in [0.4, 0.5) is 0 Å².